The predicted molar refractivity (Wildman–Crippen MR) is 73.9 cm³/mol. The average Bonchev–Trinajstić information content (AvgIpc) is 2.99. The maximum atomic E-state index is 12.6. The molecule has 1 heterocycles. The van der Waals surface area contributed by atoms with Crippen molar-refractivity contribution in [1.82, 2.24) is 4.31 Å². The lowest BCUT2D eigenvalue weighted by Crippen LogP contribution is -2.29. The van der Waals surface area contributed by atoms with E-state index in [0.29, 0.717) is 36.4 Å². The van der Waals surface area contributed by atoms with Crippen LogP contribution in [0, 0.1) is 11.8 Å². The molecule has 2 fully saturated rings. The molecule has 0 bridgehead atoms. The van der Waals surface area contributed by atoms with Gasteiger partial charge in [-0.2, -0.15) is 4.31 Å². The topological polar surface area (TPSA) is 63.4 Å². The molecule has 2 atom stereocenters. The molecule has 1 saturated carbocycles. The van der Waals surface area contributed by atoms with Crippen molar-refractivity contribution in [1.29, 1.82) is 0 Å². The first-order valence-corrected chi connectivity index (χ1v) is 8.34. The maximum Gasteiger partial charge on any atom is 0.243 e. The Balaban J connectivity index is 1.86. The van der Waals surface area contributed by atoms with E-state index in [1.165, 1.54) is 19.3 Å². The Kier molecular flexibility index (Phi) is 3.37. The third-order valence-electron chi connectivity index (χ3n) is 4.46. The third kappa shape index (κ3) is 2.30. The first-order valence-electron chi connectivity index (χ1n) is 6.90. The smallest absolute Gasteiger partial charge is 0.243 e. The molecule has 1 aromatic rings. The standard InChI is InChI=1S/C14H20N2O2S/c15-8-11-3-1-6-14(7-11)19(17,18)16-9-12-4-2-5-13(12)10-16/h1,3,6-7,12-13H,2,4-5,8-10,15H2. The van der Waals surface area contributed by atoms with Gasteiger partial charge in [-0.1, -0.05) is 18.6 Å². The average molecular weight is 280 g/mol. The second kappa shape index (κ2) is 4.89. The van der Waals surface area contributed by atoms with Gasteiger partial charge < -0.3 is 5.73 Å². The summed E-state index contributed by atoms with van der Waals surface area (Å²) in [5, 5.41) is 0. The fourth-order valence-electron chi connectivity index (χ4n) is 3.37. The van der Waals surface area contributed by atoms with Crippen molar-refractivity contribution < 1.29 is 8.42 Å². The van der Waals surface area contributed by atoms with E-state index in [9.17, 15) is 8.42 Å². The summed E-state index contributed by atoms with van der Waals surface area (Å²) in [6, 6.07) is 7.00. The van der Waals surface area contributed by atoms with E-state index in [4.69, 9.17) is 5.73 Å². The molecule has 104 valence electrons. The van der Waals surface area contributed by atoms with Gasteiger partial charge in [-0.3, -0.25) is 0 Å². The molecule has 0 amide bonds. The minimum atomic E-state index is -3.34. The second-order valence-corrected chi connectivity index (χ2v) is 7.56. The Hall–Kier alpha value is -0.910. The molecule has 2 unspecified atom stereocenters. The number of rotatable bonds is 3. The van der Waals surface area contributed by atoms with Crippen molar-refractivity contribution in [3.63, 3.8) is 0 Å². The van der Waals surface area contributed by atoms with Crippen molar-refractivity contribution in [2.75, 3.05) is 13.1 Å². The molecule has 0 aromatic heterocycles. The summed E-state index contributed by atoms with van der Waals surface area (Å²) in [4.78, 5) is 0.385. The van der Waals surface area contributed by atoms with Gasteiger partial charge in [0.15, 0.2) is 0 Å². The Bertz CT molecular complexity index is 559. The molecule has 3 rings (SSSR count). The van der Waals surface area contributed by atoms with Gasteiger partial charge in [0.25, 0.3) is 0 Å². The Morgan fingerprint density at radius 1 is 1.21 bits per heavy atom. The van der Waals surface area contributed by atoms with E-state index >= 15 is 0 Å². The molecule has 1 saturated heterocycles. The van der Waals surface area contributed by atoms with Crippen LogP contribution in [0.25, 0.3) is 0 Å². The molecule has 1 aliphatic carbocycles. The van der Waals surface area contributed by atoms with Gasteiger partial charge in [0.2, 0.25) is 10.0 Å². The van der Waals surface area contributed by atoms with Crippen LogP contribution in [0.2, 0.25) is 0 Å². The number of hydrogen-bond donors (Lipinski definition) is 1. The second-order valence-electron chi connectivity index (χ2n) is 5.62. The summed E-state index contributed by atoms with van der Waals surface area (Å²) < 4.78 is 26.9. The number of benzene rings is 1. The number of nitrogens with two attached hydrogens (primary N) is 1. The summed E-state index contributed by atoms with van der Waals surface area (Å²) in [7, 11) is -3.34. The molecule has 19 heavy (non-hydrogen) atoms. The molecular formula is C14H20N2O2S. The van der Waals surface area contributed by atoms with Crippen molar-refractivity contribution in [2.45, 2.75) is 30.7 Å². The number of sulfonamides is 1. The van der Waals surface area contributed by atoms with E-state index in [2.05, 4.69) is 0 Å². The van der Waals surface area contributed by atoms with Crippen LogP contribution in [0.1, 0.15) is 24.8 Å². The summed E-state index contributed by atoms with van der Waals surface area (Å²) in [6.07, 6.45) is 3.62. The third-order valence-corrected chi connectivity index (χ3v) is 6.29. The Morgan fingerprint density at radius 2 is 1.89 bits per heavy atom. The SMILES string of the molecule is NCc1cccc(S(=O)(=O)N2CC3CCCC3C2)c1. The van der Waals surface area contributed by atoms with E-state index in [1.54, 1.807) is 22.5 Å². The summed E-state index contributed by atoms with van der Waals surface area (Å²) in [5.41, 5.74) is 6.44. The van der Waals surface area contributed by atoms with Crippen LogP contribution in [0.4, 0.5) is 0 Å². The van der Waals surface area contributed by atoms with Crippen molar-refractivity contribution in [3.8, 4) is 0 Å². The van der Waals surface area contributed by atoms with E-state index in [-0.39, 0.29) is 0 Å². The fraction of sp³-hybridized carbons (Fsp3) is 0.571. The lowest BCUT2D eigenvalue weighted by atomic mass is 10.0. The van der Waals surface area contributed by atoms with E-state index in [1.807, 2.05) is 6.07 Å². The lowest BCUT2D eigenvalue weighted by Gasteiger charge is -2.17. The number of nitrogens with zero attached hydrogens (tertiary/aromatic N) is 1. The van der Waals surface area contributed by atoms with Gasteiger partial charge in [0.05, 0.1) is 4.90 Å². The fourth-order valence-corrected chi connectivity index (χ4v) is 4.99. The monoisotopic (exact) mass is 280 g/mol. The molecule has 0 spiro atoms. The van der Waals surface area contributed by atoms with Crippen LogP contribution in [-0.4, -0.2) is 25.8 Å². The van der Waals surface area contributed by atoms with E-state index in [0.717, 1.165) is 5.56 Å². The molecule has 0 radical (unpaired) electrons. The molecule has 1 aromatic carbocycles. The zero-order valence-corrected chi connectivity index (χ0v) is 11.8. The zero-order chi connectivity index (χ0) is 13.5. The largest absolute Gasteiger partial charge is 0.326 e. The Labute approximate surface area is 114 Å². The highest BCUT2D eigenvalue weighted by molar-refractivity contribution is 7.89. The maximum absolute atomic E-state index is 12.6. The molecule has 5 heteroatoms. The van der Waals surface area contributed by atoms with Crippen LogP contribution in [-0.2, 0) is 16.6 Å². The highest BCUT2D eigenvalue weighted by Gasteiger charge is 2.41. The van der Waals surface area contributed by atoms with Gasteiger partial charge in [0.1, 0.15) is 0 Å². The Morgan fingerprint density at radius 3 is 2.53 bits per heavy atom. The van der Waals surface area contributed by atoms with Gasteiger partial charge in [-0.25, -0.2) is 8.42 Å². The van der Waals surface area contributed by atoms with E-state index < -0.39 is 10.0 Å². The van der Waals surface area contributed by atoms with Gasteiger partial charge >= 0.3 is 0 Å². The minimum absolute atomic E-state index is 0.370. The van der Waals surface area contributed by atoms with Crippen molar-refractivity contribution in [3.05, 3.63) is 29.8 Å². The first-order chi connectivity index (χ1) is 9.11. The van der Waals surface area contributed by atoms with Crippen molar-refractivity contribution >= 4 is 10.0 Å². The van der Waals surface area contributed by atoms with Crippen LogP contribution in [0.3, 0.4) is 0 Å². The van der Waals surface area contributed by atoms with Crippen LogP contribution in [0.15, 0.2) is 29.2 Å². The molecular weight excluding hydrogens is 260 g/mol. The van der Waals surface area contributed by atoms with Crippen LogP contribution < -0.4 is 5.73 Å². The van der Waals surface area contributed by atoms with Crippen LogP contribution >= 0.6 is 0 Å². The summed E-state index contributed by atoms with van der Waals surface area (Å²) in [5.74, 6) is 1.15. The lowest BCUT2D eigenvalue weighted by molar-refractivity contribution is 0.445. The van der Waals surface area contributed by atoms with Crippen molar-refractivity contribution in [2.24, 2.45) is 17.6 Å². The summed E-state index contributed by atoms with van der Waals surface area (Å²) >= 11 is 0. The highest BCUT2D eigenvalue weighted by Crippen LogP contribution is 2.39. The number of fused-ring (bicyclic) bond motifs is 1. The minimum Gasteiger partial charge on any atom is -0.326 e. The van der Waals surface area contributed by atoms with Gasteiger partial charge in [-0.15, -0.1) is 0 Å². The quantitative estimate of drug-likeness (QED) is 0.914. The molecule has 1 aliphatic heterocycles. The predicted octanol–water partition coefficient (Wildman–Crippen LogP) is 1.57. The van der Waals surface area contributed by atoms with Gasteiger partial charge in [-0.05, 0) is 42.4 Å². The molecule has 2 N–H and O–H groups in total. The molecule has 2 aliphatic rings. The zero-order valence-electron chi connectivity index (χ0n) is 11.0. The van der Waals surface area contributed by atoms with Crippen LogP contribution in [0.5, 0.6) is 0 Å². The summed E-state index contributed by atoms with van der Waals surface area (Å²) in [6.45, 7) is 1.76. The highest BCUT2D eigenvalue weighted by atomic mass is 32.2. The van der Waals surface area contributed by atoms with Gasteiger partial charge in [0, 0.05) is 19.6 Å². The number of hydrogen-bond acceptors (Lipinski definition) is 3. The normalized spacial score (nSPS) is 27.6. The first kappa shape index (κ1) is 13.1. The molecule has 4 nitrogen and oxygen atoms in total.